The van der Waals surface area contributed by atoms with Gasteiger partial charge in [0, 0.05) is 42.7 Å². The average Bonchev–Trinajstić information content (AvgIpc) is 3.08. The maximum absolute atomic E-state index is 14.3. The minimum atomic E-state index is -4.52. The first-order valence-electron chi connectivity index (χ1n) is 11.0. The van der Waals surface area contributed by atoms with Gasteiger partial charge in [-0.1, -0.05) is 6.92 Å². The van der Waals surface area contributed by atoms with Gasteiger partial charge < -0.3 is 15.1 Å². The summed E-state index contributed by atoms with van der Waals surface area (Å²) in [6, 6.07) is 5.37. The fourth-order valence-corrected chi connectivity index (χ4v) is 4.91. The van der Waals surface area contributed by atoms with Crippen molar-refractivity contribution in [2.24, 2.45) is 11.8 Å². The third-order valence-electron chi connectivity index (χ3n) is 6.72. The number of amides is 1. The Balaban J connectivity index is 1.47. The molecule has 0 bridgehead atoms. The van der Waals surface area contributed by atoms with E-state index < -0.39 is 29.5 Å². The van der Waals surface area contributed by atoms with Gasteiger partial charge in [-0.05, 0) is 50.2 Å². The average molecular weight is 470 g/mol. The summed E-state index contributed by atoms with van der Waals surface area (Å²) in [5, 5.41) is 3.27. The number of halogens is 5. The van der Waals surface area contributed by atoms with Gasteiger partial charge in [-0.15, -0.1) is 0 Å². The lowest BCUT2D eigenvalue weighted by Crippen LogP contribution is -2.49. The molecule has 1 amide bonds. The lowest BCUT2D eigenvalue weighted by atomic mass is 9.89. The third-order valence-corrected chi connectivity index (χ3v) is 6.72. The fourth-order valence-electron chi connectivity index (χ4n) is 4.91. The van der Waals surface area contributed by atoms with Crippen LogP contribution in [0, 0.1) is 11.8 Å². The summed E-state index contributed by atoms with van der Waals surface area (Å²) in [6.45, 7) is 3.00. The number of anilines is 1. The van der Waals surface area contributed by atoms with Crippen LogP contribution in [0.25, 0.3) is 10.9 Å². The molecule has 33 heavy (non-hydrogen) atoms. The zero-order chi connectivity index (χ0) is 24.0. The Bertz CT molecular complexity index is 1030. The minimum absolute atomic E-state index is 0.000892. The first-order chi connectivity index (χ1) is 15.5. The van der Waals surface area contributed by atoms with Gasteiger partial charge in [-0.2, -0.15) is 13.2 Å². The number of rotatable bonds is 4. The number of fused-ring (bicyclic) bond motifs is 1. The predicted octanol–water partition coefficient (Wildman–Crippen LogP) is 4.17. The molecule has 180 valence electrons. The highest BCUT2D eigenvalue weighted by Gasteiger charge is 2.45. The molecule has 1 aromatic heterocycles. The molecular formula is C23H27F5N4O. The van der Waals surface area contributed by atoms with E-state index >= 15 is 0 Å². The molecular weight excluding hydrogens is 443 g/mol. The van der Waals surface area contributed by atoms with Crippen molar-refractivity contribution >= 4 is 22.5 Å². The Morgan fingerprint density at radius 1 is 1.24 bits per heavy atom. The summed E-state index contributed by atoms with van der Waals surface area (Å²) in [5.74, 6) is -4.32. The van der Waals surface area contributed by atoms with Crippen LogP contribution in [0.2, 0.25) is 0 Å². The molecule has 2 aliphatic rings. The number of nitrogens with zero attached hydrogens (tertiary/aromatic N) is 3. The molecule has 0 spiro atoms. The highest BCUT2D eigenvalue weighted by atomic mass is 19.4. The lowest BCUT2D eigenvalue weighted by Gasteiger charge is -2.36. The zero-order valence-corrected chi connectivity index (χ0v) is 18.5. The quantitative estimate of drug-likeness (QED) is 0.682. The minimum Gasteiger partial charge on any atom is -0.369 e. The monoisotopic (exact) mass is 470 g/mol. The molecule has 4 rings (SSSR count). The third kappa shape index (κ3) is 4.90. The largest absolute Gasteiger partial charge is 0.418 e. The van der Waals surface area contributed by atoms with Crippen molar-refractivity contribution in [3.05, 3.63) is 36.0 Å². The van der Waals surface area contributed by atoms with Gasteiger partial charge in [0.25, 0.3) is 5.92 Å². The van der Waals surface area contributed by atoms with Crippen LogP contribution in [0.5, 0.6) is 0 Å². The van der Waals surface area contributed by atoms with Crippen LogP contribution in [0.3, 0.4) is 0 Å². The van der Waals surface area contributed by atoms with E-state index in [0.717, 1.165) is 6.07 Å². The van der Waals surface area contributed by atoms with E-state index in [9.17, 15) is 26.7 Å². The summed E-state index contributed by atoms with van der Waals surface area (Å²) in [5.41, 5.74) is -0.304. The zero-order valence-electron chi connectivity index (χ0n) is 18.5. The van der Waals surface area contributed by atoms with Crippen LogP contribution >= 0.6 is 0 Å². The summed E-state index contributed by atoms with van der Waals surface area (Å²) >= 11 is 0. The molecule has 10 heteroatoms. The Kier molecular flexibility index (Phi) is 6.24. The summed E-state index contributed by atoms with van der Waals surface area (Å²) in [7, 11) is 1.64. The Hall–Kier alpha value is -2.49. The van der Waals surface area contributed by atoms with Crippen molar-refractivity contribution in [2.45, 2.75) is 37.9 Å². The number of pyridine rings is 1. The number of alkyl halides is 5. The van der Waals surface area contributed by atoms with E-state index in [1.54, 1.807) is 24.1 Å². The molecule has 1 N–H and O–H groups in total. The number of aromatic nitrogens is 1. The number of carbonyl (C=O) groups excluding carboxylic acids is 1. The number of likely N-dealkylation sites (tertiary alicyclic amines) is 1. The first kappa shape index (κ1) is 23.7. The number of carbonyl (C=O) groups is 1. The summed E-state index contributed by atoms with van der Waals surface area (Å²) in [4.78, 5) is 20.0. The number of hydrogen-bond donors (Lipinski definition) is 1. The van der Waals surface area contributed by atoms with Crippen LogP contribution in [0.1, 0.15) is 25.3 Å². The first-order valence-corrected chi connectivity index (χ1v) is 11.0. The highest BCUT2D eigenvalue weighted by Crippen LogP contribution is 2.39. The van der Waals surface area contributed by atoms with E-state index in [2.05, 4.69) is 10.3 Å². The number of nitrogens with one attached hydrogen (secondary N) is 1. The van der Waals surface area contributed by atoms with E-state index in [0.29, 0.717) is 30.7 Å². The Morgan fingerprint density at radius 2 is 2.00 bits per heavy atom. The second-order valence-corrected chi connectivity index (χ2v) is 9.27. The molecule has 2 saturated heterocycles. The van der Waals surface area contributed by atoms with Crippen LogP contribution in [-0.2, 0) is 11.0 Å². The molecule has 0 saturated carbocycles. The molecule has 2 aromatic rings. The number of benzene rings is 1. The van der Waals surface area contributed by atoms with Crippen molar-refractivity contribution in [3.8, 4) is 0 Å². The van der Waals surface area contributed by atoms with Crippen LogP contribution in [-0.4, -0.2) is 61.0 Å². The molecule has 3 heterocycles. The smallest absolute Gasteiger partial charge is 0.369 e. The molecule has 2 fully saturated rings. The molecule has 1 unspecified atom stereocenters. The van der Waals surface area contributed by atoms with Gasteiger partial charge in [0.1, 0.15) is 0 Å². The number of hydrogen-bond acceptors (Lipinski definition) is 4. The summed E-state index contributed by atoms with van der Waals surface area (Å²) in [6.07, 6.45) is -3.17. The van der Waals surface area contributed by atoms with Gasteiger partial charge >= 0.3 is 6.18 Å². The van der Waals surface area contributed by atoms with Crippen molar-refractivity contribution in [1.82, 2.24) is 15.2 Å². The van der Waals surface area contributed by atoms with Crippen molar-refractivity contribution < 1.29 is 26.7 Å². The van der Waals surface area contributed by atoms with Gasteiger partial charge in [-0.3, -0.25) is 9.78 Å². The maximum Gasteiger partial charge on any atom is 0.418 e. The van der Waals surface area contributed by atoms with Gasteiger partial charge in [-0.25, -0.2) is 8.78 Å². The fraction of sp³-hybridized carbons (Fsp3) is 0.565. The lowest BCUT2D eigenvalue weighted by molar-refractivity contribution is -0.136. The molecule has 3 atom stereocenters. The van der Waals surface area contributed by atoms with E-state index in [-0.39, 0.29) is 36.9 Å². The Morgan fingerprint density at radius 3 is 2.70 bits per heavy atom. The van der Waals surface area contributed by atoms with Crippen molar-refractivity contribution in [3.63, 3.8) is 0 Å². The van der Waals surface area contributed by atoms with E-state index in [1.165, 1.54) is 12.3 Å². The topological polar surface area (TPSA) is 48.5 Å². The normalized spacial score (nSPS) is 26.0. The second-order valence-electron chi connectivity index (χ2n) is 9.27. The second kappa shape index (κ2) is 8.70. The summed E-state index contributed by atoms with van der Waals surface area (Å²) < 4.78 is 68.8. The molecule has 5 nitrogen and oxygen atoms in total. The molecule has 0 radical (unpaired) electrons. The number of piperidine rings is 1. The molecule has 0 aliphatic carbocycles. The van der Waals surface area contributed by atoms with Crippen LogP contribution in [0.15, 0.2) is 30.5 Å². The van der Waals surface area contributed by atoms with Gasteiger partial charge in [0.05, 0.1) is 23.7 Å². The molecule has 1 aromatic carbocycles. The van der Waals surface area contributed by atoms with Gasteiger partial charge in [0.2, 0.25) is 5.91 Å². The van der Waals surface area contributed by atoms with Crippen LogP contribution < -0.4 is 10.2 Å². The van der Waals surface area contributed by atoms with E-state index in [1.807, 2.05) is 11.8 Å². The predicted molar refractivity (Wildman–Crippen MR) is 115 cm³/mol. The highest BCUT2D eigenvalue weighted by molar-refractivity contribution is 5.94. The van der Waals surface area contributed by atoms with Crippen molar-refractivity contribution in [2.75, 3.05) is 38.1 Å². The van der Waals surface area contributed by atoms with Gasteiger partial charge in [0.15, 0.2) is 0 Å². The SMILES string of the molecule is C[C@@H]1CN(c2ccc(C(F)(F)F)c3ncccc23)C[C@@H]1NC(=O)CC1CCN(C)CC1(F)F. The van der Waals surface area contributed by atoms with Crippen LogP contribution in [0.4, 0.5) is 27.6 Å². The standard InChI is InChI=1S/C23H27F5N4O/c1-14-11-32(19-6-5-17(23(26,27)28)21-16(19)4-3-8-29-21)12-18(14)30-20(33)10-15-7-9-31(2)13-22(15,24)25/h3-6,8,14-15,18H,7,9-13H2,1-2H3,(H,30,33)/t14-,15?,18+/m1/s1. The van der Waals surface area contributed by atoms with E-state index in [4.69, 9.17) is 0 Å². The van der Waals surface area contributed by atoms with Crippen molar-refractivity contribution in [1.29, 1.82) is 0 Å². The Labute approximate surface area is 188 Å². The molecule has 2 aliphatic heterocycles. The maximum atomic E-state index is 14.3.